The molecule has 23 heavy (non-hydrogen) atoms. The van der Waals surface area contributed by atoms with Gasteiger partial charge in [-0.15, -0.1) is 11.3 Å². The van der Waals surface area contributed by atoms with E-state index in [1.807, 2.05) is 4.90 Å². The van der Waals surface area contributed by atoms with Crippen molar-refractivity contribution in [1.29, 1.82) is 0 Å². The first-order chi connectivity index (χ1) is 11.1. The SMILES string of the molecule is CC(=O)c1csc(NC(=O)c2cccnc2N2CCOCC2)n1. The number of pyridine rings is 1. The Morgan fingerprint density at radius 2 is 2.13 bits per heavy atom. The maximum atomic E-state index is 12.5. The van der Waals surface area contributed by atoms with Crippen molar-refractivity contribution in [2.24, 2.45) is 0 Å². The zero-order chi connectivity index (χ0) is 16.2. The van der Waals surface area contributed by atoms with Crippen molar-refractivity contribution in [2.75, 3.05) is 36.5 Å². The molecule has 3 rings (SSSR count). The number of ketones is 1. The van der Waals surface area contributed by atoms with Crippen molar-refractivity contribution in [3.8, 4) is 0 Å². The first kappa shape index (κ1) is 15.6. The normalized spacial score (nSPS) is 14.6. The third kappa shape index (κ3) is 3.54. The van der Waals surface area contributed by atoms with Crippen LogP contribution in [0.3, 0.4) is 0 Å². The van der Waals surface area contributed by atoms with Crippen LogP contribution in [-0.4, -0.2) is 48.0 Å². The number of aromatic nitrogens is 2. The molecular weight excluding hydrogens is 316 g/mol. The molecule has 0 spiro atoms. The Labute approximate surface area is 137 Å². The monoisotopic (exact) mass is 332 g/mol. The highest BCUT2D eigenvalue weighted by atomic mass is 32.1. The fourth-order valence-corrected chi connectivity index (χ4v) is 3.00. The summed E-state index contributed by atoms with van der Waals surface area (Å²) in [6, 6.07) is 3.45. The molecule has 120 valence electrons. The molecule has 2 aromatic heterocycles. The molecule has 1 aliphatic rings. The van der Waals surface area contributed by atoms with Crippen molar-refractivity contribution in [1.82, 2.24) is 9.97 Å². The van der Waals surface area contributed by atoms with Crippen LogP contribution in [-0.2, 0) is 4.74 Å². The fraction of sp³-hybridized carbons (Fsp3) is 0.333. The highest BCUT2D eigenvalue weighted by Gasteiger charge is 2.20. The molecule has 3 heterocycles. The topological polar surface area (TPSA) is 84.4 Å². The predicted octanol–water partition coefficient (Wildman–Crippen LogP) is 1.83. The zero-order valence-corrected chi connectivity index (χ0v) is 13.4. The van der Waals surface area contributed by atoms with Gasteiger partial charge in [0.1, 0.15) is 11.5 Å². The minimum atomic E-state index is -0.288. The smallest absolute Gasteiger partial charge is 0.261 e. The van der Waals surface area contributed by atoms with Gasteiger partial charge >= 0.3 is 0 Å². The summed E-state index contributed by atoms with van der Waals surface area (Å²) in [5.74, 6) is 0.220. The number of nitrogens with one attached hydrogen (secondary N) is 1. The van der Waals surface area contributed by atoms with Crippen molar-refractivity contribution in [3.05, 3.63) is 35.0 Å². The van der Waals surface area contributed by atoms with Crippen LogP contribution >= 0.6 is 11.3 Å². The number of Topliss-reactive ketones (excluding diaryl/α,β-unsaturated/α-hetero) is 1. The maximum absolute atomic E-state index is 12.5. The van der Waals surface area contributed by atoms with E-state index in [1.165, 1.54) is 18.3 Å². The summed E-state index contributed by atoms with van der Waals surface area (Å²) in [6.45, 7) is 4.07. The molecule has 1 N–H and O–H groups in total. The van der Waals surface area contributed by atoms with E-state index in [9.17, 15) is 9.59 Å². The van der Waals surface area contributed by atoms with Crippen LogP contribution in [0.15, 0.2) is 23.7 Å². The Balaban J connectivity index is 1.80. The molecule has 0 saturated carbocycles. The summed E-state index contributed by atoms with van der Waals surface area (Å²) < 4.78 is 5.33. The average molecular weight is 332 g/mol. The number of hydrogen-bond donors (Lipinski definition) is 1. The molecule has 0 atom stereocenters. The molecule has 7 nitrogen and oxygen atoms in total. The molecule has 0 unspecified atom stereocenters. The van der Waals surface area contributed by atoms with Gasteiger partial charge in [-0.1, -0.05) is 0 Å². The number of anilines is 2. The second-order valence-corrected chi connectivity index (χ2v) is 5.88. The van der Waals surface area contributed by atoms with Gasteiger partial charge < -0.3 is 9.64 Å². The summed E-state index contributed by atoms with van der Waals surface area (Å²) in [5.41, 5.74) is 0.832. The molecule has 1 aliphatic heterocycles. The maximum Gasteiger partial charge on any atom is 0.261 e. The first-order valence-corrected chi connectivity index (χ1v) is 8.08. The number of carbonyl (C=O) groups is 2. The van der Waals surface area contributed by atoms with E-state index in [1.54, 1.807) is 23.7 Å². The molecule has 2 aromatic rings. The van der Waals surface area contributed by atoms with Gasteiger partial charge in [0.15, 0.2) is 10.9 Å². The lowest BCUT2D eigenvalue weighted by Crippen LogP contribution is -2.38. The second-order valence-electron chi connectivity index (χ2n) is 5.02. The van der Waals surface area contributed by atoms with Gasteiger partial charge in [0.25, 0.3) is 5.91 Å². The molecule has 0 bridgehead atoms. The van der Waals surface area contributed by atoms with Gasteiger partial charge in [0.05, 0.1) is 18.8 Å². The third-order valence-electron chi connectivity index (χ3n) is 3.43. The summed E-state index contributed by atoms with van der Waals surface area (Å²) >= 11 is 1.22. The van der Waals surface area contributed by atoms with Gasteiger partial charge in [-0.2, -0.15) is 0 Å². The third-order valence-corrected chi connectivity index (χ3v) is 4.19. The summed E-state index contributed by atoms with van der Waals surface area (Å²) in [4.78, 5) is 34.3. The Kier molecular flexibility index (Phi) is 4.63. The van der Waals surface area contributed by atoms with Crippen molar-refractivity contribution in [3.63, 3.8) is 0 Å². The van der Waals surface area contributed by atoms with Crippen LogP contribution in [0.1, 0.15) is 27.8 Å². The summed E-state index contributed by atoms with van der Waals surface area (Å²) in [7, 11) is 0. The highest BCUT2D eigenvalue weighted by molar-refractivity contribution is 7.14. The first-order valence-electron chi connectivity index (χ1n) is 7.20. The largest absolute Gasteiger partial charge is 0.378 e. The van der Waals surface area contributed by atoms with Gasteiger partial charge in [-0.25, -0.2) is 9.97 Å². The number of nitrogens with zero attached hydrogens (tertiary/aromatic N) is 3. The number of rotatable bonds is 4. The van der Waals surface area contributed by atoms with Crippen LogP contribution in [0, 0.1) is 0 Å². The number of hydrogen-bond acceptors (Lipinski definition) is 7. The number of morpholine rings is 1. The Bertz CT molecular complexity index is 725. The molecular formula is C15H16N4O3S. The molecule has 1 amide bonds. The number of ether oxygens (including phenoxy) is 1. The van der Waals surface area contributed by atoms with Gasteiger partial charge in [-0.3, -0.25) is 14.9 Å². The van der Waals surface area contributed by atoms with Gasteiger partial charge in [-0.05, 0) is 12.1 Å². The summed E-state index contributed by atoms with van der Waals surface area (Å²) in [6.07, 6.45) is 1.67. The molecule has 0 aromatic carbocycles. The zero-order valence-electron chi connectivity index (χ0n) is 12.6. The quantitative estimate of drug-likeness (QED) is 0.860. The van der Waals surface area contributed by atoms with Crippen molar-refractivity contribution in [2.45, 2.75) is 6.92 Å². The molecule has 0 radical (unpaired) electrons. The van der Waals surface area contributed by atoms with E-state index < -0.39 is 0 Å². The van der Waals surface area contributed by atoms with Gasteiger partial charge in [0.2, 0.25) is 0 Å². The van der Waals surface area contributed by atoms with E-state index in [-0.39, 0.29) is 11.7 Å². The van der Waals surface area contributed by atoms with Crippen molar-refractivity contribution < 1.29 is 14.3 Å². The van der Waals surface area contributed by atoms with E-state index >= 15 is 0 Å². The van der Waals surface area contributed by atoms with Crippen LogP contribution in [0.5, 0.6) is 0 Å². The van der Waals surface area contributed by atoms with E-state index in [4.69, 9.17) is 4.74 Å². The molecule has 1 fully saturated rings. The van der Waals surface area contributed by atoms with Crippen LogP contribution < -0.4 is 10.2 Å². The lowest BCUT2D eigenvalue weighted by atomic mass is 10.2. The lowest BCUT2D eigenvalue weighted by molar-refractivity contribution is 0.100. The lowest BCUT2D eigenvalue weighted by Gasteiger charge is -2.29. The molecule has 1 saturated heterocycles. The minimum absolute atomic E-state index is 0.128. The van der Waals surface area contributed by atoms with E-state index in [0.29, 0.717) is 48.5 Å². The molecule has 0 aliphatic carbocycles. The summed E-state index contributed by atoms with van der Waals surface area (Å²) in [5, 5.41) is 4.76. The Morgan fingerprint density at radius 3 is 2.83 bits per heavy atom. The van der Waals surface area contributed by atoms with Crippen LogP contribution in [0.25, 0.3) is 0 Å². The van der Waals surface area contributed by atoms with E-state index in [0.717, 1.165) is 0 Å². The predicted molar refractivity (Wildman–Crippen MR) is 87.3 cm³/mol. The second kappa shape index (κ2) is 6.84. The van der Waals surface area contributed by atoms with Crippen molar-refractivity contribution >= 4 is 34.0 Å². The van der Waals surface area contributed by atoms with Crippen LogP contribution in [0.4, 0.5) is 10.9 Å². The Hall–Kier alpha value is -2.32. The Morgan fingerprint density at radius 1 is 1.35 bits per heavy atom. The fourth-order valence-electron chi connectivity index (χ4n) is 2.26. The van der Waals surface area contributed by atoms with Gasteiger partial charge in [0, 0.05) is 31.6 Å². The number of amides is 1. The minimum Gasteiger partial charge on any atom is -0.378 e. The highest BCUT2D eigenvalue weighted by Crippen LogP contribution is 2.21. The number of thiazole rings is 1. The standard InChI is InChI=1S/C15H16N4O3S/c1-10(20)12-9-23-15(17-12)18-14(21)11-3-2-4-16-13(11)19-5-7-22-8-6-19/h2-4,9H,5-8H2,1H3,(H,17,18,21). The van der Waals surface area contributed by atoms with E-state index in [2.05, 4.69) is 15.3 Å². The van der Waals surface area contributed by atoms with Crippen LogP contribution in [0.2, 0.25) is 0 Å². The number of carbonyl (C=O) groups excluding carboxylic acids is 2. The average Bonchev–Trinajstić information content (AvgIpc) is 3.04. The molecule has 8 heteroatoms.